The van der Waals surface area contributed by atoms with E-state index in [1.165, 1.54) is 21.3 Å². The molecule has 0 aliphatic heterocycles. The lowest BCUT2D eigenvalue weighted by Crippen LogP contribution is -2.14. The van der Waals surface area contributed by atoms with Crippen molar-refractivity contribution in [2.24, 2.45) is 0 Å². The van der Waals surface area contributed by atoms with Crippen LogP contribution in [0, 0.1) is 0 Å². The molecule has 0 radical (unpaired) electrons. The van der Waals surface area contributed by atoms with Crippen LogP contribution in [0.5, 0.6) is 17.2 Å². The van der Waals surface area contributed by atoms with E-state index < -0.39 is 5.97 Å². The molecule has 0 spiro atoms. The number of carboxylic acid groups (broad SMARTS) is 1. The number of carbonyl (C=O) groups excluding carboxylic acids is 1. The van der Waals surface area contributed by atoms with Gasteiger partial charge < -0.3 is 24.6 Å². The highest BCUT2D eigenvalue weighted by Crippen LogP contribution is 2.38. The average Bonchev–Trinajstić information content (AvgIpc) is 2.66. The third kappa shape index (κ3) is 5.64. The molecular formula is C20H23NO6. The average molecular weight is 373 g/mol. The SMILES string of the molecule is COc1cc(CC(=O)Nc2ccc(CCC(=O)O)cc2)cc(OC)c1OC. The molecule has 2 rings (SSSR count). The smallest absolute Gasteiger partial charge is 0.303 e. The molecule has 2 aromatic carbocycles. The van der Waals surface area contributed by atoms with Crippen LogP contribution in [0.3, 0.4) is 0 Å². The molecule has 0 unspecified atom stereocenters. The van der Waals surface area contributed by atoms with Gasteiger partial charge in [-0.2, -0.15) is 0 Å². The van der Waals surface area contributed by atoms with E-state index >= 15 is 0 Å². The number of carboxylic acids is 1. The highest BCUT2D eigenvalue weighted by molar-refractivity contribution is 5.92. The molecule has 0 atom stereocenters. The Morgan fingerprint density at radius 3 is 2.00 bits per heavy atom. The first-order chi connectivity index (χ1) is 13.0. The van der Waals surface area contributed by atoms with Crippen molar-refractivity contribution < 1.29 is 28.9 Å². The minimum atomic E-state index is -0.835. The van der Waals surface area contributed by atoms with Gasteiger partial charge in [0.05, 0.1) is 27.8 Å². The summed E-state index contributed by atoms with van der Waals surface area (Å²) in [5.41, 5.74) is 2.27. The molecule has 0 fully saturated rings. The third-order valence-corrected chi connectivity index (χ3v) is 3.95. The van der Waals surface area contributed by atoms with Gasteiger partial charge >= 0.3 is 5.97 Å². The van der Waals surface area contributed by atoms with Gasteiger partial charge in [-0.15, -0.1) is 0 Å². The molecule has 0 saturated heterocycles. The first-order valence-corrected chi connectivity index (χ1v) is 8.36. The van der Waals surface area contributed by atoms with Gasteiger partial charge in [-0.3, -0.25) is 9.59 Å². The molecule has 1 amide bonds. The number of nitrogens with one attached hydrogen (secondary N) is 1. The molecule has 0 aliphatic rings. The number of hydrogen-bond acceptors (Lipinski definition) is 5. The minimum Gasteiger partial charge on any atom is -0.493 e. The van der Waals surface area contributed by atoms with Gasteiger partial charge in [0, 0.05) is 12.1 Å². The minimum absolute atomic E-state index is 0.0762. The van der Waals surface area contributed by atoms with Crippen LogP contribution in [0.2, 0.25) is 0 Å². The van der Waals surface area contributed by atoms with E-state index in [-0.39, 0.29) is 18.7 Å². The molecule has 27 heavy (non-hydrogen) atoms. The normalized spacial score (nSPS) is 10.2. The monoisotopic (exact) mass is 373 g/mol. The van der Waals surface area contributed by atoms with Gasteiger partial charge in [0.15, 0.2) is 11.5 Å². The summed E-state index contributed by atoms with van der Waals surface area (Å²) in [6, 6.07) is 10.6. The Balaban J connectivity index is 2.04. The first kappa shape index (κ1) is 20.1. The maximum absolute atomic E-state index is 12.3. The number of carbonyl (C=O) groups is 2. The lowest BCUT2D eigenvalue weighted by Gasteiger charge is -2.14. The van der Waals surface area contributed by atoms with Crippen molar-refractivity contribution in [3.63, 3.8) is 0 Å². The van der Waals surface area contributed by atoms with E-state index in [4.69, 9.17) is 19.3 Å². The molecule has 7 nitrogen and oxygen atoms in total. The van der Waals surface area contributed by atoms with Crippen molar-refractivity contribution in [3.05, 3.63) is 47.5 Å². The standard InChI is InChI=1S/C20H23NO6/c1-25-16-10-14(11-17(26-2)20(16)27-3)12-18(22)21-15-7-4-13(5-8-15)6-9-19(23)24/h4-5,7-8,10-11H,6,9,12H2,1-3H3,(H,21,22)(H,23,24). The van der Waals surface area contributed by atoms with E-state index in [1.807, 2.05) is 0 Å². The largest absolute Gasteiger partial charge is 0.493 e. The summed E-state index contributed by atoms with van der Waals surface area (Å²) in [4.78, 5) is 22.9. The molecule has 7 heteroatoms. The number of hydrogen-bond donors (Lipinski definition) is 2. The van der Waals surface area contributed by atoms with Crippen LogP contribution >= 0.6 is 0 Å². The van der Waals surface area contributed by atoms with Gasteiger partial charge in [-0.25, -0.2) is 0 Å². The number of benzene rings is 2. The second kappa shape index (κ2) is 9.47. The van der Waals surface area contributed by atoms with E-state index in [1.54, 1.807) is 36.4 Å². The molecule has 2 N–H and O–H groups in total. The third-order valence-electron chi connectivity index (χ3n) is 3.95. The Morgan fingerprint density at radius 1 is 0.926 bits per heavy atom. The number of amides is 1. The van der Waals surface area contributed by atoms with Gasteiger partial charge in [0.25, 0.3) is 0 Å². The Bertz CT molecular complexity index is 776. The summed E-state index contributed by atoms with van der Waals surface area (Å²) in [5.74, 6) is 0.422. The highest BCUT2D eigenvalue weighted by atomic mass is 16.5. The van der Waals surface area contributed by atoms with E-state index in [0.29, 0.717) is 29.4 Å². The van der Waals surface area contributed by atoms with Gasteiger partial charge in [0.1, 0.15) is 0 Å². The molecule has 0 aliphatic carbocycles. The van der Waals surface area contributed by atoms with Crippen LogP contribution in [-0.4, -0.2) is 38.3 Å². The van der Waals surface area contributed by atoms with E-state index in [9.17, 15) is 9.59 Å². The molecule has 0 aromatic heterocycles. The summed E-state index contributed by atoms with van der Waals surface area (Å²) < 4.78 is 15.9. The summed E-state index contributed by atoms with van der Waals surface area (Å²) in [6.07, 6.45) is 0.666. The van der Waals surface area contributed by atoms with Crippen LogP contribution in [0.1, 0.15) is 17.5 Å². The van der Waals surface area contributed by atoms with Crippen molar-refractivity contribution in [3.8, 4) is 17.2 Å². The summed E-state index contributed by atoms with van der Waals surface area (Å²) in [5, 5.41) is 11.5. The highest BCUT2D eigenvalue weighted by Gasteiger charge is 2.15. The molecule has 0 bridgehead atoms. The zero-order chi connectivity index (χ0) is 19.8. The van der Waals surface area contributed by atoms with E-state index in [0.717, 1.165) is 11.1 Å². The predicted molar refractivity (Wildman–Crippen MR) is 101 cm³/mol. The zero-order valence-corrected chi connectivity index (χ0v) is 15.6. The summed E-state index contributed by atoms with van der Waals surface area (Å²) in [6.45, 7) is 0. The van der Waals surface area contributed by atoms with Crippen molar-refractivity contribution in [2.45, 2.75) is 19.3 Å². The van der Waals surface area contributed by atoms with E-state index in [2.05, 4.69) is 5.32 Å². The topological polar surface area (TPSA) is 94.1 Å². The van der Waals surface area contributed by atoms with Gasteiger partial charge in [-0.1, -0.05) is 12.1 Å². The van der Waals surface area contributed by atoms with Crippen LogP contribution in [0.15, 0.2) is 36.4 Å². The fourth-order valence-corrected chi connectivity index (χ4v) is 2.63. The van der Waals surface area contributed by atoms with Crippen molar-refractivity contribution in [1.82, 2.24) is 0 Å². The quantitative estimate of drug-likeness (QED) is 0.702. The van der Waals surface area contributed by atoms with Crippen LogP contribution < -0.4 is 19.5 Å². The Hall–Kier alpha value is -3.22. The molecular weight excluding hydrogens is 350 g/mol. The van der Waals surface area contributed by atoms with Crippen LogP contribution in [-0.2, 0) is 22.4 Å². The van der Waals surface area contributed by atoms with Crippen molar-refractivity contribution in [1.29, 1.82) is 0 Å². The fourth-order valence-electron chi connectivity index (χ4n) is 2.63. The van der Waals surface area contributed by atoms with Gasteiger partial charge in [0.2, 0.25) is 11.7 Å². The lowest BCUT2D eigenvalue weighted by atomic mass is 10.1. The predicted octanol–water partition coefficient (Wildman–Crippen LogP) is 2.91. The first-order valence-electron chi connectivity index (χ1n) is 8.36. The summed E-state index contributed by atoms with van der Waals surface area (Å²) in [7, 11) is 4.56. The molecule has 144 valence electrons. The lowest BCUT2D eigenvalue weighted by molar-refractivity contribution is -0.137. The number of aryl methyl sites for hydroxylation is 1. The second-order valence-electron chi connectivity index (χ2n) is 5.85. The Kier molecular flexibility index (Phi) is 7.05. The Labute approximate surface area is 157 Å². The molecule has 2 aromatic rings. The zero-order valence-electron chi connectivity index (χ0n) is 15.6. The summed E-state index contributed by atoms with van der Waals surface area (Å²) >= 11 is 0. The number of ether oxygens (including phenoxy) is 3. The number of anilines is 1. The fraction of sp³-hybridized carbons (Fsp3) is 0.300. The second-order valence-corrected chi connectivity index (χ2v) is 5.85. The maximum Gasteiger partial charge on any atom is 0.303 e. The Morgan fingerprint density at radius 2 is 1.52 bits per heavy atom. The molecule has 0 saturated carbocycles. The maximum atomic E-state index is 12.3. The van der Waals surface area contributed by atoms with Crippen LogP contribution in [0.25, 0.3) is 0 Å². The number of aliphatic carboxylic acids is 1. The van der Waals surface area contributed by atoms with Crippen molar-refractivity contribution >= 4 is 17.6 Å². The number of rotatable bonds is 9. The number of methoxy groups -OCH3 is 3. The van der Waals surface area contributed by atoms with Crippen LogP contribution in [0.4, 0.5) is 5.69 Å². The van der Waals surface area contributed by atoms with Gasteiger partial charge in [-0.05, 0) is 41.8 Å². The molecule has 0 heterocycles. The van der Waals surface area contributed by atoms with Crippen molar-refractivity contribution in [2.75, 3.05) is 26.6 Å².